The van der Waals surface area contributed by atoms with E-state index in [1.807, 2.05) is 0 Å². The summed E-state index contributed by atoms with van der Waals surface area (Å²) in [5.74, 6) is -2.06. The highest BCUT2D eigenvalue weighted by atomic mass is 127. The number of amides is 2. The fourth-order valence-electron chi connectivity index (χ4n) is 0.534. The first kappa shape index (κ1) is 9.67. The fourth-order valence-corrected chi connectivity index (χ4v) is 1.16. The number of hydrogen-bond donors (Lipinski definition) is 2. The van der Waals surface area contributed by atoms with Crippen molar-refractivity contribution in [2.45, 2.75) is 6.42 Å². The second-order valence-corrected chi connectivity index (χ2v) is 2.91. The summed E-state index contributed by atoms with van der Waals surface area (Å²) in [6.45, 7) is 0. The van der Waals surface area contributed by atoms with Gasteiger partial charge in [-0.2, -0.15) is 0 Å². The van der Waals surface area contributed by atoms with Crippen LogP contribution in [0.15, 0.2) is 0 Å². The second kappa shape index (κ2) is 4.48. The molecule has 0 aliphatic carbocycles. The Kier molecular flexibility index (Phi) is 4.33. The molecular formula is C5H9IN2O2. The van der Waals surface area contributed by atoms with E-state index in [1.54, 1.807) is 0 Å². The van der Waals surface area contributed by atoms with Crippen molar-refractivity contribution in [3.63, 3.8) is 0 Å². The van der Waals surface area contributed by atoms with Gasteiger partial charge in [0.05, 0.1) is 0 Å². The maximum absolute atomic E-state index is 10.4. The van der Waals surface area contributed by atoms with Crippen molar-refractivity contribution in [2.75, 3.05) is 4.43 Å². The first-order valence-electron chi connectivity index (χ1n) is 2.74. The average molecular weight is 256 g/mol. The zero-order valence-corrected chi connectivity index (χ0v) is 7.50. The molecule has 0 unspecified atom stereocenters. The summed E-state index contributed by atoms with van der Waals surface area (Å²) in [6, 6.07) is 0. The summed E-state index contributed by atoms with van der Waals surface area (Å²) in [4.78, 5) is 20.9. The lowest BCUT2D eigenvalue weighted by Gasteiger charge is -2.04. The number of carbonyl (C=O) groups is 2. The Morgan fingerprint density at radius 1 is 1.30 bits per heavy atom. The highest BCUT2D eigenvalue weighted by Gasteiger charge is 2.19. The van der Waals surface area contributed by atoms with Crippen LogP contribution in [0.4, 0.5) is 0 Å². The lowest BCUT2D eigenvalue weighted by molar-refractivity contribution is -0.131. The van der Waals surface area contributed by atoms with E-state index in [0.717, 1.165) is 0 Å². The molecule has 0 aromatic heterocycles. The van der Waals surface area contributed by atoms with Crippen LogP contribution in [0.25, 0.3) is 0 Å². The van der Waals surface area contributed by atoms with E-state index in [-0.39, 0.29) is 0 Å². The van der Waals surface area contributed by atoms with Crippen LogP contribution in [0.5, 0.6) is 0 Å². The fraction of sp³-hybridized carbons (Fsp3) is 0.600. The molecule has 0 rings (SSSR count). The number of primary amides is 2. The lowest BCUT2D eigenvalue weighted by atomic mass is 10.1. The molecule has 5 heteroatoms. The first-order valence-corrected chi connectivity index (χ1v) is 4.26. The molecule has 0 radical (unpaired) electrons. The molecule has 0 saturated heterocycles. The molecule has 0 saturated carbocycles. The normalized spacial score (nSPS) is 9.80. The minimum absolute atomic E-state index is 0.436. The molecule has 0 aromatic carbocycles. The highest BCUT2D eigenvalue weighted by molar-refractivity contribution is 14.1. The van der Waals surface area contributed by atoms with Crippen molar-refractivity contribution in [2.24, 2.45) is 17.4 Å². The van der Waals surface area contributed by atoms with Gasteiger partial charge >= 0.3 is 0 Å². The van der Waals surface area contributed by atoms with Crippen molar-refractivity contribution in [1.82, 2.24) is 0 Å². The monoisotopic (exact) mass is 256 g/mol. The van der Waals surface area contributed by atoms with E-state index in [9.17, 15) is 9.59 Å². The van der Waals surface area contributed by atoms with E-state index in [1.165, 1.54) is 0 Å². The molecular weight excluding hydrogens is 247 g/mol. The third-order valence-corrected chi connectivity index (χ3v) is 1.71. The Hall–Kier alpha value is -0.330. The second-order valence-electron chi connectivity index (χ2n) is 1.83. The molecule has 4 N–H and O–H groups in total. The van der Waals surface area contributed by atoms with Crippen LogP contribution >= 0.6 is 22.6 Å². The largest absolute Gasteiger partial charge is 0.369 e. The summed E-state index contributed by atoms with van der Waals surface area (Å²) in [5.41, 5.74) is 9.76. The van der Waals surface area contributed by atoms with Crippen LogP contribution in [0.3, 0.4) is 0 Å². The van der Waals surface area contributed by atoms with Crippen molar-refractivity contribution >= 4 is 34.4 Å². The minimum Gasteiger partial charge on any atom is -0.369 e. The molecule has 0 bridgehead atoms. The molecule has 0 fully saturated rings. The number of carbonyl (C=O) groups excluding carboxylic acids is 2. The number of hydrogen-bond acceptors (Lipinski definition) is 2. The van der Waals surface area contributed by atoms with E-state index in [2.05, 4.69) is 22.6 Å². The Labute approximate surface area is 72.5 Å². The molecule has 0 aliphatic rings. The third-order valence-electron chi connectivity index (χ3n) is 1.08. The van der Waals surface area contributed by atoms with Gasteiger partial charge < -0.3 is 11.5 Å². The maximum Gasteiger partial charge on any atom is 0.230 e. The van der Waals surface area contributed by atoms with E-state index in [0.29, 0.717) is 10.8 Å². The van der Waals surface area contributed by atoms with E-state index in [4.69, 9.17) is 11.5 Å². The zero-order chi connectivity index (χ0) is 8.15. The predicted octanol–water partition coefficient (Wildman–Crippen LogP) is -0.602. The number of rotatable bonds is 4. The smallest absolute Gasteiger partial charge is 0.230 e. The SMILES string of the molecule is NC(=O)C(CCI)C(N)=O. The van der Waals surface area contributed by atoms with Gasteiger partial charge in [-0.25, -0.2) is 0 Å². The van der Waals surface area contributed by atoms with Crippen molar-refractivity contribution < 1.29 is 9.59 Å². The minimum atomic E-state index is -0.795. The quantitative estimate of drug-likeness (QED) is 0.399. The number of nitrogens with two attached hydrogens (primary N) is 2. The first-order chi connectivity index (χ1) is 4.59. The summed E-state index contributed by atoms with van der Waals surface area (Å²) in [5, 5.41) is 0. The summed E-state index contributed by atoms with van der Waals surface area (Å²) in [6.07, 6.45) is 0.436. The van der Waals surface area contributed by atoms with Crippen molar-refractivity contribution in [3.8, 4) is 0 Å². The maximum atomic E-state index is 10.4. The summed E-state index contributed by atoms with van der Waals surface area (Å²) in [7, 11) is 0. The molecule has 0 aromatic rings. The Morgan fingerprint density at radius 3 is 1.80 bits per heavy atom. The standard InChI is InChI=1S/C5H9IN2O2/c6-2-1-3(4(7)9)5(8)10/h3H,1-2H2,(H2,7,9)(H2,8,10). The van der Waals surface area contributed by atoms with E-state index < -0.39 is 17.7 Å². The molecule has 0 spiro atoms. The van der Waals surface area contributed by atoms with Gasteiger partial charge in [-0.1, -0.05) is 22.6 Å². The molecule has 10 heavy (non-hydrogen) atoms. The molecule has 0 aliphatic heterocycles. The van der Waals surface area contributed by atoms with Gasteiger partial charge in [0.1, 0.15) is 5.92 Å². The van der Waals surface area contributed by atoms with Crippen LogP contribution in [0, 0.1) is 5.92 Å². The van der Waals surface area contributed by atoms with Gasteiger partial charge in [-0.3, -0.25) is 9.59 Å². The van der Waals surface area contributed by atoms with Crippen LogP contribution in [0.1, 0.15) is 6.42 Å². The van der Waals surface area contributed by atoms with Crippen LogP contribution in [0.2, 0.25) is 0 Å². The van der Waals surface area contributed by atoms with Crippen LogP contribution < -0.4 is 11.5 Å². The lowest BCUT2D eigenvalue weighted by Crippen LogP contribution is -2.35. The number of alkyl halides is 1. The Bertz CT molecular complexity index is 135. The van der Waals surface area contributed by atoms with Gasteiger partial charge in [0, 0.05) is 4.43 Å². The summed E-state index contributed by atoms with van der Waals surface area (Å²) >= 11 is 2.05. The van der Waals surface area contributed by atoms with Crippen molar-refractivity contribution in [1.29, 1.82) is 0 Å². The Balaban J connectivity index is 3.98. The van der Waals surface area contributed by atoms with Crippen LogP contribution in [-0.4, -0.2) is 16.2 Å². The average Bonchev–Trinajstić information content (AvgIpc) is 1.81. The predicted molar refractivity (Wildman–Crippen MR) is 45.4 cm³/mol. The molecule has 0 heterocycles. The highest BCUT2D eigenvalue weighted by Crippen LogP contribution is 2.03. The van der Waals surface area contributed by atoms with Gasteiger partial charge in [-0.15, -0.1) is 0 Å². The Morgan fingerprint density at radius 2 is 1.70 bits per heavy atom. The van der Waals surface area contributed by atoms with Gasteiger partial charge in [0.25, 0.3) is 0 Å². The third kappa shape index (κ3) is 3.00. The topological polar surface area (TPSA) is 86.2 Å². The molecule has 4 nitrogen and oxygen atoms in total. The van der Waals surface area contributed by atoms with Gasteiger partial charge in [-0.05, 0) is 6.42 Å². The molecule has 58 valence electrons. The number of halogens is 1. The van der Waals surface area contributed by atoms with Crippen LogP contribution in [-0.2, 0) is 9.59 Å². The van der Waals surface area contributed by atoms with Crippen molar-refractivity contribution in [3.05, 3.63) is 0 Å². The van der Waals surface area contributed by atoms with Gasteiger partial charge in [0.15, 0.2) is 0 Å². The van der Waals surface area contributed by atoms with Gasteiger partial charge in [0.2, 0.25) is 11.8 Å². The summed E-state index contributed by atoms with van der Waals surface area (Å²) < 4.78 is 0.703. The van der Waals surface area contributed by atoms with E-state index >= 15 is 0 Å². The molecule has 0 atom stereocenters. The zero-order valence-electron chi connectivity index (χ0n) is 5.34. The molecule has 2 amide bonds.